The Morgan fingerprint density at radius 1 is 1.00 bits per heavy atom. The van der Waals surface area contributed by atoms with E-state index in [0.717, 1.165) is 6.42 Å². The molecule has 0 saturated heterocycles. The van der Waals surface area contributed by atoms with Gasteiger partial charge in [0.05, 0.1) is 0 Å². The normalized spacial score (nSPS) is 14.8. The van der Waals surface area contributed by atoms with Crippen molar-refractivity contribution in [2.45, 2.75) is 13.3 Å². The molecule has 2 heterocycles. The van der Waals surface area contributed by atoms with E-state index in [4.69, 9.17) is 0 Å². The third-order valence-corrected chi connectivity index (χ3v) is 6.42. The van der Waals surface area contributed by atoms with Crippen molar-refractivity contribution in [2.24, 2.45) is 13.0 Å². The maximum absolute atomic E-state index is 2.35. The number of hydrogen-bond donors (Lipinski definition) is 0. The molecule has 1 unspecified atom stereocenters. The van der Waals surface area contributed by atoms with Gasteiger partial charge in [-0.05, 0) is 40.8 Å². The Balaban J connectivity index is 1.74. The van der Waals surface area contributed by atoms with Crippen LogP contribution in [-0.2, 0) is 13.5 Å². The van der Waals surface area contributed by atoms with Gasteiger partial charge >= 0.3 is 0 Å². The van der Waals surface area contributed by atoms with E-state index < -0.39 is 0 Å². The van der Waals surface area contributed by atoms with Crippen molar-refractivity contribution in [1.29, 1.82) is 0 Å². The molecule has 0 fully saturated rings. The number of para-hydroxylation sites is 1. The molecule has 0 spiro atoms. The van der Waals surface area contributed by atoms with Crippen LogP contribution in [0.15, 0.2) is 84.7 Å². The number of thiazole rings is 1. The molecular weight excluding hydrogens is 348 g/mol. The van der Waals surface area contributed by atoms with E-state index in [0.29, 0.717) is 5.92 Å². The molecule has 0 aliphatic carbocycles. The first kappa shape index (κ1) is 17.7. The molecule has 2 aromatic carbocycles. The molecule has 0 N–H and O–H groups in total. The quantitative estimate of drug-likeness (QED) is 0.561. The van der Waals surface area contributed by atoms with E-state index in [1.54, 1.807) is 0 Å². The van der Waals surface area contributed by atoms with Gasteiger partial charge in [-0.25, -0.2) is 0 Å². The smallest absolute Gasteiger partial charge is 0.238 e. The highest BCUT2D eigenvalue weighted by atomic mass is 32.1. The number of nitrogens with zero attached hydrogens (tertiary/aromatic N) is 2. The third-order valence-electron chi connectivity index (χ3n) is 5.18. The molecule has 1 aliphatic heterocycles. The molecule has 1 atom stereocenters. The summed E-state index contributed by atoms with van der Waals surface area (Å²) in [6, 6.07) is 19.5. The standard InChI is InChI=1S/C24H25N2S/c1-18(17-23-26(3)21-11-7-8-12-22(21)27-23)24(19-9-5-4-6-10-19)20-13-15-25(2)16-14-20/h4-16,18H,17H2,1-3H3/q+1. The highest BCUT2D eigenvalue weighted by Crippen LogP contribution is 2.33. The molecule has 2 nitrogen and oxygen atoms in total. The van der Waals surface area contributed by atoms with Crippen molar-refractivity contribution in [3.8, 4) is 0 Å². The molecule has 4 rings (SSSR count). The Morgan fingerprint density at radius 3 is 2.37 bits per heavy atom. The van der Waals surface area contributed by atoms with Crippen LogP contribution in [0.5, 0.6) is 0 Å². The minimum atomic E-state index is 0.416. The number of benzene rings is 2. The molecule has 0 bridgehead atoms. The maximum atomic E-state index is 2.35. The zero-order valence-electron chi connectivity index (χ0n) is 16.1. The highest BCUT2D eigenvalue weighted by molar-refractivity contribution is 7.18. The van der Waals surface area contributed by atoms with Gasteiger partial charge in [-0.3, -0.25) is 0 Å². The summed E-state index contributed by atoms with van der Waals surface area (Å²) in [4.78, 5) is 2.09. The summed E-state index contributed by atoms with van der Waals surface area (Å²) in [5.41, 5.74) is 5.34. The Kier molecular flexibility index (Phi) is 4.95. The van der Waals surface area contributed by atoms with Gasteiger partial charge < -0.3 is 4.90 Å². The number of allylic oxidation sites excluding steroid dienone is 4. The van der Waals surface area contributed by atoms with E-state index >= 15 is 0 Å². The van der Waals surface area contributed by atoms with Crippen LogP contribution in [0.3, 0.4) is 0 Å². The fourth-order valence-corrected chi connectivity index (χ4v) is 5.01. The Bertz CT molecular complexity index is 1020. The molecule has 0 saturated carbocycles. The molecule has 0 amide bonds. The average molecular weight is 374 g/mol. The second-order valence-corrected chi connectivity index (χ2v) is 8.27. The van der Waals surface area contributed by atoms with Gasteiger partial charge in [0, 0.05) is 31.9 Å². The molecule has 3 aromatic rings. The van der Waals surface area contributed by atoms with Crippen LogP contribution in [-0.4, -0.2) is 11.9 Å². The summed E-state index contributed by atoms with van der Waals surface area (Å²) in [5, 5.41) is 1.42. The van der Waals surface area contributed by atoms with Gasteiger partial charge in [-0.1, -0.05) is 60.7 Å². The van der Waals surface area contributed by atoms with Crippen LogP contribution < -0.4 is 4.57 Å². The maximum Gasteiger partial charge on any atom is 0.238 e. The number of hydrogen-bond acceptors (Lipinski definition) is 2. The van der Waals surface area contributed by atoms with Crippen molar-refractivity contribution in [3.63, 3.8) is 0 Å². The van der Waals surface area contributed by atoms with Crippen molar-refractivity contribution >= 4 is 27.1 Å². The number of rotatable bonds is 4. The van der Waals surface area contributed by atoms with Crippen LogP contribution in [0.4, 0.5) is 0 Å². The fourth-order valence-electron chi connectivity index (χ4n) is 3.73. The summed E-state index contributed by atoms with van der Waals surface area (Å²) in [5.74, 6) is 0.416. The summed E-state index contributed by atoms with van der Waals surface area (Å²) in [6.45, 7) is 2.35. The fraction of sp³-hybridized carbons (Fsp3) is 0.208. The average Bonchev–Trinajstić information content (AvgIpc) is 3.00. The van der Waals surface area contributed by atoms with Gasteiger partial charge in [0.1, 0.15) is 11.7 Å². The lowest BCUT2D eigenvalue weighted by molar-refractivity contribution is -0.648. The van der Waals surface area contributed by atoms with Gasteiger partial charge in [-0.2, -0.15) is 4.57 Å². The van der Waals surface area contributed by atoms with E-state index in [9.17, 15) is 0 Å². The van der Waals surface area contributed by atoms with Crippen LogP contribution in [0.1, 0.15) is 17.5 Å². The van der Waals surface area contributed by atoms with E-state index in [-0.39, 0.29) is 0 Å². The van der Waals surface area contributed by atoms with E-state index in [1.807, 2.05) is 11.3 Å². The van der Waals surface area contributed by atoms with Crippen molar-refractivity contribution in [3.05, 3.63) is 95.3 Å². The van der Waals surface area contributed by atoms with E-state index in [1.165, 1.54) is 31.9 Å². The van der Waals surface area contributed by atoms with Gasteiger partial charge in [0.2, 0.25) is 10.5 Å². The van der Waals surface area contributed by atoms with Crippen molar-refractivity contribution in [2.75, 3.05) is 7.05 Å². The second kappa shape index (κ2) is 7.53. The predicted molar refractivity (Wildman–Crippen MR) is 115 cm³/mol. The van der Waals surface area contributed by atoms with Crippen LogP contribution >= 0.6 is 11.3 Å². The number of fused-ring (bicyclic) bond motifs is 1. The lowest BCUT2D eigenvalue weighted by atomic mass is 9.87. The van der Waals surface area contributed by atoms with Crippen LogP contribution in [0.2, 0.25) is 0 Å². The highest BCUT2D eigenvalue weighted by Gasteiger charge is 2.23. The SMILES string of the molecule is CC(Cc1sc2ccccc2[n+]1C)C(=C1C=CN(C)C=C1)c1ccccc1. The molecule has 136 valence electrons. The summed E-state index contributed by atoms with van der Waals surface area (Å²) in [6.07, 6.45) is 9.74. The lowest BCUT2D eigenvalue weighted by Gasteiger charge is -2.20. The Labute approximate surface area is 165 Å². The van der Waals surface area contributed by atoms with Crippen molar-refractivity contribution in [1.82, 2.24) is 4.90 Å². The Morgan fingerprint density at radius 2 is 1.67 bits per heavy atom. The zero-order valence-corrected chi connectivity index (χ0v) is 16.9. The summed E-state index contributed by atoms with van der Waals surface area (Å²) in [7, 11) is 4.25. The number of aryl methyl sites for hydroxylation is 1. The molecule has 0 radical (unpaired) electrons. The van der Waals surface area contributed by atoms with Gasteiger partial charge in [0.15, 0.2) is 0 Å². The summed E-state index contributed by atoms with van der Waals surface area (Å²) < 4.78 is 3.71. The zero-order chi connectivity index (χ0) is 18.8. The monoisotopic (exact) mass is 373 g/mol. The molecular formula is C24H25N2S+. The number of aromatic nitrogens is 1. The largest absolute Gasteiger partial charge is 0.357 e. The first-order valence-corrected chi connectivity index (χ1v) is 10.2. The van der Waals surface area contributed by atoms with E-state index in [2.05, 4.69) is 110 Å². The predicted octanol–water partition coefficient (Wildman–Crippen LogP) is 5.33. The lowest BCUT2D eigenvalue weighted by Crippen LogP contribution is -2.31. The summed E-state index contributed by atoms with van der Waals surface area (Å²) >= 11 is 1.91. The van der Waals surface area contributed by atoms with Gasteiger partial charge in [0.25, 0.3) is 0 Å². The second-order valence-electron chi connectivity index (χ2n) is 7.16. The molecule has 3 heteroatoms. The molecule has 1 aliphatic rings. The van der Waals surface area contributed by atoms with Crippen LogP contribution in [0.25, 0.3) is 15.8 Å². The minimum Gasteiger partial charge on any atom is -0.357 e. The van der Waals surface area contributed by atoms with Crippen molar-refractivity contribution < 1.29 is 4.57 Å². The topological polar surface area (TPSA) is 7.12 Å². The van der Waals surface area contributed by atoms with Crippen LogP contribution in [0, 0.1) is 5.92 Å². The molecule has 27 heavy (non-hydrogen) atoms. The molecule has 1 aromatic heterocycles. The third kappa shape index (κ3) is 3.60. The van der Waals surface area contributed by atoms with Gasteiger partial charge in [-0.15, -0.1) is 0 Å². The first-order valence-electron chi connectivity index (χ1n) is 9.38. The minimum absolute atomic E-state index is 0.416. The Hall–Kier alpha value is -2.65. The first-order chi connectivity index (χ1) is 13.1.